The number of aryl methyl sites for hydroxylation is 1. The molecule has 1 atom stereocenters. The number of aliphatic hydroxyl groups is 1. The molecular formula is C9H17N3O3S. The van der Waals surface area contributed by atoms with Crippen LogP contribution in [-0.2, 0) is 16.4 Å². The summed E-state index contributed by atoms with van der Waals surface area (Å²) >= 11 is 0. The van der Waals surface area contributed by atoms with E-state index in [1.807, 2.05) is 0 Å². The molecule has 0 aliphatic carbocycles. The molecule has 0 aliphatic heterocycles. The van der Waals surface area contributed by atoms with Crippen LogP contribution >= 0.6 is 0 Å². The van der Waals surface area contributed by atoms with Crippen molar-refractivity contribution in [1.82, 2.24) is 9.78 Å². The number of nitrogens with two attached hydrogens (primary N) is 1. The number of aliphatic hydroxyl groups excluding tert-OH is 1. The Morgan fingerprint density at radius 3 is 2.81 bits per heavy atom. The number of hydrogen-bond donors (Lipinski definition) is 2. The summed E-state index contributed by atoms with van der Waals surface area (Å²) in [4.78, 5) is 0.215. The summed E-state index contributed by atoms with van der Waals surface area (Å²) < 4.78 is 23.9. The average Bonchev–Trinajstić information content (AvgIpc) is 2.65. The van der Waals surface area contributed by atoms with Gasteiger partial charge in [0.1, 0.15) is 4.90 Å². The first-order valence-electron chi connectivity index (χ1n) is 5.04. The lowest BCUT2D eigenvalue weighted by molar-refractivity contribution is 0.167. The van der Waals surface area contributed by atoms with Gasteiger partial charge in [-0.05, 0) is 12.8 Å². The molecule has 0 saturated carbocycles. The molecule has 0 radical (unpaired) electrons. The Balaban J connectivity index is 2.47. The second-order valence-corrected chi connectivity index (χ2v) is 5.76. The van der Waals surface area contributed by atoms with Gasteiger partial charge in [-0.15, -0.1) is 0 Å². The Labute approximate surface area is 95.0 Å². The van der Waals surface area contributed by atoms with Crippen molar-refractivity contribution >= 4 is 9.84 Å². The molecule has 3 N–H and O–H groups in total. The van der Waals surface area contributed by atoms with Crippen LogP contribution in [0.3, 0.4) is 0 Å². The van der Waals surface area contributed by atoms with Crippen LogP contribution in [0, 0.1) is 0 Å². The summed E-state index contributed by atoms with van der Waals surface area (Å²) in [5, 5.41) is 13.1. The van der Waals surface area contributed by atoms with Crippen molar-refractivity contribution < 1.29 is 13.5 Å². The molecule has 1 aromatic rings. The normalized spacial score (nSPS) is 13.9. The first-order valence-corrected chi connectivity index (χ1v) is 6.93. The van der Waals surface area contributed by atoms with E-state index in [9.17, 15) is 13.5 Å². The van der Waals surface area contributed by atoms with Gasteiger partial charge in [-0.25, -0.2) is 8.42 Å². The van der Waals surface area contributed by atoms with E-state index in [-0.39, 0.29) is 11.4 Å². The van der Waals surface area contributed by atoms with E-state index < -0.39 is 15.9 Å². The van der Waals surface area contributed by atoms with Crippen molar-refractivity contribution in [2.75, 3.05) is 12.8 Å². The van der Waals surface area contributed by atoms with Gasteiger partial charge in [0.25, 0.3) is 0 Å². The second kappa shape index (κ2) is 5.42. The first kappa shape index (κ1) is 13.1. The number of hydrogen-bond acceptors (Lipinski definition) is 5. The van der Waals surface area contributed by atoms with Gasteiger partial charge in [-0.2, -0.15) is 5.10 Å². The van der Waals surface area contributed by atoms with Crippen molar-refractivity contribution in [3.05, 3.63) is 12.4 Å². The van der Waals surface area contributed by atoms with Crippen molar-refractivity contribution in [3.63, 3.8) is 0 Å². The molecule has 0 bridgehead atoms. The highest BCUT2D eigenvalue weighted by molar-refractivity contribution is 7.90. The van der Waals surface area contributed by atoms with E-state index in [1.54, 1.807) is 4.68 Å². The molecule has 7 heteroatoms. The van der Waals surface area contributed by atoms with E-state index in [1.165, 1.54) is 12.4 Å². The average molecular weight is 247 g/mol. The van der Waals surface area contributed by atoms with Gasteiger partial charge in [0.15, 0.2) is 9.84 Å². The molecule has 92 valence electrons. The molecule has 1 aromatic heterocycles. The van der Waals surface area contributed by atoms with Gasteiger partial charge in [0, 0.05) is 25.5 Å². The number of aromatic nitrogens is 2. The maximum absolute atomic E-state index is 11.2. The Kier molecular flexibility index (Phi) is 4.45. The summed E-state index contributed by atoms with van der Waals surface area (Å²) in [5.74, 6) is 0. The number of nitrogens with zero attached hydrogens (tertiary/aromatic N) is 2. The number of rotatable bonds is 6. The lowest BCUT2D eigenvalue weighted by Gasteiger charge is -2.06. The highest BCUT2D eigenvalue weighted by Gasteiger charge is 2.09. The topological polar surface area (TPSA) is 98.2 Å². The maximum Gasteiger partial charge on any atom is 0.178 e. The SMILES string of the molecule is CS(=O)(=O)c1cnn(CCCC(O)CN)c1. The Hall–Kier alpha value is -0.920. The molecule has 0 spiro atoms. The lowest BCUT2D eigenvalue weighted by Crippen LogP contribution is -2.19. The Morgan fingerprint density at radius 1 is 1.62 bits per heavy atom. The van der Waals surface area contributed by atoms with Crippen molar-refractivity contribution in [2.45, 2.75) is 30.4 Å². The van der Waals surface area contributed by atoms with E-state index in [0.29, 0.717) is 19.4 Å². The van der Waals surface area contributed by atoms with Crippen molar-refractivity contribution in [3.8, 4) is 0 Å². The fourth-order valence-electron chi connectivity index (χ4n) is 1.27. The quantitative estimate of drug-likeness (QED) is 0.698. The molecule has 6 nitrogen and oxygen atoms in total. The van der Waals surface area contributed by atoms with Crippen LogP contribution in [0.15, 0.2) is 17.3 Å². The summed E-state index contributed by atoms with van der Waals surface area (Å²) in [5.41, 5.74) is 5.26. The van der Waals surface area contributed by atoms with Crippen LogP contribution < -0.4 is 5.73 Å². The zero-order valence-corrected chi connectivity index (χ0v) is 10.0. The van der Waals surface area contributed by atoms with Gasteiger partial charge < -0.3 is 10.8 Å². The van der Waals surface area contributed by atoms with E-state index in [0.717, 1.165) is 6.26 Å². The number of sulfone groups is 1. The molecule has 0 saturated heterocycles. The maximum atomic E-state index is 11.2. The van der Waals surface area contributed by atoms with Crippen molar-refractivity contribution in [1.29, 1.82) is 0 Å². The zero-order valence-electron chi connectivity index (χ0n) is 9.20. The molecule has 1 heterocycles. The van der Waals surface area contributed by atoms with Crippen LogP contribution in [-0.4, -0.2) is 42.2 Å². The molecule has 16 heavy (non-hydrogen) atoms. The standard InChI is InChI=1S/C9H17N3O3S/c1-16(14,15)9-6-11-12(7-9)4-2-3-8(13)5-10/h6-8,13H,2-5,10H2,1H3. The third kappa shape index (κ3) is 3.92. The first-order chi connectivity index (χ1) is 7.43. The molecule has 1 rings (SSSR count). The largest absolute Gasteiger partial charge is 0.392 e. The minimum atomic E-state index is -3.18. The fourth-order valence-corrected chi connectivity index (χ4v) is 1.82. The van der Waals surface area contributed by atoms with E-state index in [4.69, 9.17) is 5.73 Å². The van der Waals surface area contributed by atoms with Gasteiger partial charge in [0.05, 0.1) is 12.3 Å². The zero-order chi connectivity index (χ0) is 12.2. The predicted octanol–water partition coefficient (Wildman–Crippen LogP) is -0.614. The second-order valence-electron chi connectivity index (χ2n) is 3.74. The highest BCUT2D eigenvalue weighted by atomic mass is 32.2. The lowest BCUT2D eigenvalue weighted by atomic mass is 10.2. The van der Waals surface area contributed by atoms with E-state index >= 15 is 0 Å². The van der Waals surface area contributed by atoms with Gasteiger partial charge >= 0.3 is 0 Å². The summed E-state index contributed by atoms with van der Waals surface area (Å²) in [7, 11) is -3.18. The van der Waals surface area contributed by atoms with Gasteiger partial charge in [0.2, 0.25) is 0 Å². The van der Waals surface area contributed by atoms with Gasteiger partial charge in [-0.1, -0.05) is 0 Å². The van der Waals surface area contributed by atoms with Crippen LogP contribution in [0.4, 0.5) is 0 Å². The molecule has 0 fully saturated rings. The molecular weight excluding hydrogens is 230 g/mol. The van der Waals surface area contributed by atoms with Crippen LogP contribution in [0.1, 0.15) is 12.8 Å². The third-order valence-electron chi connectivity index (χ3n) is 2.23. The van der Waals surface area contributed by atoms with Crippen LogP contribution in [0.2, 0.25) is 0 Å². The molecule has 0 aliphatic rings. The monoisotopic (exact) mass is 247 g/mol. The highest BCUT2D eigenvalue weighted by Crippen LogP contribution is 2.07. The Bertz CT molecular complexity index is 427. The summed E-state index contributed by atoms with van der Waals surface area (Å²) in [6, 6.07) is 0. The minimum absolute atomic E-state index is 0.215. The van der Waals surface area contributed by atoms with Gasteiger partial charge in [-0.3, -0.25) is 4.68 Å². The predicted molar refractivity (Wildman–Crippen MR) is 59.6 cm³/mol. The summed E-state index contributed by atoms with van der Waals surface area (Å²) in [6.07, 6.45) is 4.77. The summed E-state index contributed by atoms with van der Waals surface area (Å²) in [6.45, 7) is 0.820. The minimum Gasteiger partial charge on any atom is -0.392 e. The molecule has 0 aromatic carbocycles. The fraction of sp³-hybridized carbons (Fsp3) is 0.667. The van der Waals surface area contributed by atoms with Crippen LogP contribution in [0.5, 0.6) is 0 Å². The molecule has 0 amide bonds. The smallest absolute Gasteiger partial charge is 0.178 e. The van der Waals surface area contributed by atoms with Crippen LogP contribution in [0.25, 0.3) is 0 Å². The van der Waals surface area contributed by atoms with Crippen molar-refractivity contribution in [2.24, 2.45) is 5.73 Å². The molecule has 1 unspecified atom stereocenters. The Morgan fingerprint density at radius 2 is 2.31 bits per heavy atom. The third-order valence-corrected chi connectivity index (χ3v) is 3.30. The van der Waals surface area contributed by atoms with E-state index in [2.05, 4.69) is 5.10 Å².